The molecule has 1 aromatic heterocycles. The fourth-order valence-corrected chi connectivity index (χ4v) is 1.73. The lowest BCUT2D eigenvalue weighted by molar-refractivity contribution is 0.287. The standard InChI is InChI=1S/C15H18FN3O/c1-3-8-17-14-9-15(19-11(2)18-14)20-10-12-6-4-5-7-13(12)16/h4-7,9H,3,8,10H2,1-2H3,(H,17,18,19). The Labute approximate surface area is 118 Å². The predicted molar refractivity (Wildman–Crippen MR) is 76.3 cm³/mol. The number of rotatable bonds is 6. The highest BCUT2D eigenvalue weighted by Crippen LogP contribution is 2.16. The summed E-state index contributed by atoms with van der Waals surface area (Å²) in [5.41, 5.74) is 0.506. The smallest absolute Gasteiger partial charge is 0.219 e. The Balaban J connectivity index is 2.05. The van der Waals surface area contributed by atoms with E-state index in [1.807, 2.05) is 0 Å². The van der Waals surface area contributed by atoms with Gasteiger partial charge in [0.25, 0.3) is 0 Å². The van der Waals surface area contributed by atoms with Gasteiger partial charge in [-0.05, 0) is 19.4 Å². The predicted octanol–water partition coefficient (Wildman–Crippen LogP) is 3.33. The molecule has 1 heterocycles. The van der Waals surface area contributed by atoms with Crippen molar-refractivity contribution in [1.82, 2.24) is 9.97 Å². The molecular formula is C15H18FN3O. The van der Waals surface area contributed by atoms with Crippen LogP contribution in [0.1, 0.15) is 24.7 Å². The second-order valence-electron chi connectivity index (χ2n) is 4.45. The molecule has 0 bridgehead atoms. The molecule has 0 fully saturated rings. The number of nitrogens with one attached hydrogen (secondary N) is 1. The van der Waals surface area contributed by atoms with Gasteiger partial charge in [0.2, 0.25) is 5.88 Å². The fourth-order valence-electron chi connectivity index (χ4n) is 1.73. The van der Waals surface area contributed by atoms with Crippen LogP contribution in [0.25, 0.3) is 0 Å². The maximum Gasteiger partial charge on any atom is 0.219 e. The highest BCUT2D eigenvalue weighted by molar-refractivity contribution is 5.38. The number of nitrogens with zero attached hydrogens (tertiary/aromatic N) is 2. The number of ether oxygens (including phenoxy) is 1. The lowest BCUT2D eigenvalue weighted by Crippen LogP contribution is -2.06. The molecule has 0 amide bonds. The lowest BCUT2D eigenvalue weighted by atomic mass is 10.2. The van der Waals surface area contributed by atoms with E-state index >= 15 is 0 Å². The zero-order valence-corrected chi connectivity index (χ0v) is 11.7. The summed E-state index contributed by atoms with van der Waals surface area (Å²) in [6.45, 7) is 4.86. The summed E-state index contributed by atoms with van der Waals surface area (Å²) in [6, 6.07) is 8.27. The van der Waals surface area contributed by atoms with Crippen LogP contribution in [-0.4, -0.2) is 16.5 Å². The third-order valence-electron chi connectivity index (χ3n) is 2.70. The molecule has 0 radical (unpaired) electrons. The average Bonchev–Trinajstić information content (AvgIpc) is 2.44. The Hall–Kier alpha value is -2.17. The first-order valence-electron chi connectivity index (χ1n) is 6.65. The Morgan fingerprint density at radius 3 is 2.80 bits per heavy atom. The first-order chi connectivity index (χ1) is 9.69. The molecule has 0 aliphatic rings. The van der Waals surface area contributed by atoms with Gasteiger partial charge in [0.15, 0.2) is 0 Å². The van der Waals surface area contributed by atoms with Crippen molar-refractivity contribution in [3.8, 4) is 5.88 Å². The van der Waals surface area contributed by atoms with Crippen LogP contribution in [0.15, 0.2) is 30.3 Å². The summed E-state index contributed by atoms with van der Waals surface area (Å²) in [6.07, 6.45) is 1.01. The lowest BCUT2D eigenvalue weighted by Gasteiger charge is -2.09. The molecule has 0 saturated heterocycles. The summed E-state index contributed by atoms with van der Waals surface area (Å²) in [5.74, 6) is 1.51. The molecule has 0 aliphatic carbocycles. The number of aryl methyl sites for hydroxylation is 1. The van der Waals surface area contributed by atoms with Crippen molar-refractivity contribution in [3.05, 3.63) is 47.5 Å². The number of halogens is 1. The summed E-state index contributed by atoms with van der Waals surface area (Å²) < 4.78 is 19.0. The molecule has 2 rings (SSSR count). The maximum atomic E-state index is 13.5. The van der Waals surface area contributed by atoms with Crippen molar-refractivity contribution in [1.29, 1.82) is 0 Å². The van der Waals surface area contributed by atoms with Gasteiger partial charge < -0.3 is 10.1 Å². The van der Waals surface area contributed by atoms with E-state index in [1.54, 1.807) is 31.2 Å². The highest BCUT2D eigenvalue weighted by atomic mass is 19.1. The zero-order valence-electron chi connectivity index (χ0n) is 11.7. The van der Waals surface area contributed by atoms with Gasteiger partial charge >= 0.3 is 0 Å². The molecule has 1 N–H and O–H groups in total. The molecule has 2 aromatic rings. The van der Waals surface area contributed by atoms with Crippen molar-refractivity contribution in [2.24, 2.45) is 0 Å². The van der Waals surface area contributed by atoms with Gasteiger partial charge in [0, 0.05) is 18.2 Å². The zero-order chi connectivity index (χ0) is 14.4. The van der Waals surface area contributed by atoms with E-state index in [2.05, 4.69) is 22.2 Å². The molecule has 0 unspecified atom stereocenters. The molecule has 0 aliphatic heterocycles. The van der Waals surface area contributed by atoms with Gasteiger partial charge in [-0.1, -0.05) is 25.1 Å². The van der Waals surface area contributed by atoms with Crippen LogP contribution in [-0.2, 0) is 6.61 Å². The van der Waals surface area contributed by atoms with Gasteiger partial charge in [0.1, 0.15) is 24.1 Å². The number of benzene rings is 1. The number of hydrogen-bond donors (Lipinski definition) is 1. The summed E-state index contributed by atoms with van der Waals surface area (Å²) in [5, 5.41) is 3.18. The van der Waals surface area contributed by atoms with Crippen molar-refractivity contribution in [2.45, 2.75) is 26.9 Å². The minimum atomic E-state index is -0.275. The number of anilines is 1. The third-order valence-corrected chi connectivity index (χ3v) is 2.70. The number of aromatic nitrogens is 2. The normalized spacial score (nSPS) is 10.3. The molecule has 20 heavy (non-hydrogen) atoms. The average molecular weight is 275 g/mol. The summed E-state index contributed by atoms with van der Waals surface area (Å²) in [7, 11) is 0. The van der Waals surface area contributed by atoms with Gasteiger partial charge in [-0.2, -0.15) is 4.98 Å². The van der Waals surface area contributed by atoms with E-state index in [4.69, 9.17) is 4.74 Å². The van der Waals surface area contributed by atoms with E-state index in [0.717, 1.165) is 18.8 Å². The maximum absolute atomic E-state index is 13.5. The molecule has 0 spiro atoms. The van der Waals surface area contributed by atoms with Gasteiger partial charge in [-0.3, -0.25) is 0 Å². The van der Waals surface area contributed by atoms with Crippen LogP contribution in [0.3, 0.4) is 0 Å². The van der Waals surface area contributed by atoms with E-state index in [9.17, 15) is 4.39 Å². The van der Waals surface area contributed by atoms with Crippen LogP contribution < -0.4 is 10.1 Å². The van der Waals surface area contributed by atoms with Gasteiger partial charge in [-0.25, -0.2) is 9.37 Å². The van der Waals surface area contributed by atoms with Crippen LogP contribution in [0.5, 0.6) is 5.88 Å². The first kappa shape index (κ1) is 14.2. The van der Waals surface area contributed by atoms with Crippen LogP contribution in [0, 0.1) is 12.7 Å². The molecular weight excluding hydrogens is 257 g/mol. The highest BCUT2D eigenvalue weighted by Gasteiger charge is 2.05. The summed E-state index contributed by atoms with van der Waals surface area (Å²) >= 11 is 0. The van der Waals surface area contributed by atoms with Crippen molar-refractivity contribution >= 4 is 5.82 Å². The first-order valence-corrected chi connectivity index (χ1v) is 6.65. The molecule has 106 valence electrons. The van der Waals surface area contributed by atoms with Crippen molar-refractivity contribution in [2.75, 3.05) is 11.9 Å². The van der Waals surface area contributed by atoms with E-state index in [-0.39, 0.29) is 12.4 Å². The Morgan fingerprint density at radius 1 is 1.25 bits per heavy atom. The Bertz CT molecular complexity index is 575. The molecule has 0 saturated carbocycles. The fraction of sp³-hybridized carbons (Fsp3) is 0.333. The molecule has 0 atom stereocenters. The van der Waals surface area contributed by atoms with Crippen molar-refractivity contribution in [3.63, 3.8) is 0 Å². The largest absolute Gasteiger partial charge is 0.473 e. The number of hydrogen-bond acceptors (Lipinski definition) is 4. The van der Waals surface area contributed by atoms with Crippen LogP contribution >= 0.6 is 0 Å². The summed E-state index contributed by atoms with van der Waals surface area (Å²) in [4.78, 5) is 8.46. The molecule has 4 nitrogen and oxygen atoms in total. The Kier molecular flexibility index (Phi) is 4.87. The quantitative estimate of drug-likeness (QED) is 0.878. The van der Waals surface area contributed by atoms with Crippen LogP contribution in [0.2, 0.25) is 0 Å². The second-order valence-corrected chi connectivity index (χ2v) is 4.45. The Morgan fingerprint density at radius 2 is 2.05 bits per heavy atom. The topological polar surface area (TPSA) is 47.0 Å². The SMILES string of the molecule is CCCNc1cc(OCc2ccccc2F)nc(C)n1. The minimum absolute atomic E-state index is 0.149. The van der Waals surface area contributed by atoms with E-state index < -0.39 is 0 Å². The minimum Gasteiger partial charge on any atom is -0.473 e. The second kappa shape index (κ2) is 6.84. The molecule has 1 aromatic carbocycles. The van der Waals surface area contributed by atoms with Crippen molar-refractivity contribution < 1.29 is 9.13 Å². The monoisotopic (exact) mass is 275 g/mol. The van der Waals surface area contributed by atoms with E-state index in [1.165, 1.54) is 6.07 Å². The van der Waals surface area contributed by atoms with Crippen LogP contribution in [0.4, 0.5) is 10.2 Å². The van der Waals surface area contributed by atoms with E-state index in [0.29, 0.717) is 17.3 Å². The third kappa shape index (κ3) is 3.91. The van der Waals surface area contributed by atoms with Gasteiger partial charge in [-0.15, -0.1) is 0 Å². The molecule has 5 heteroatoms. The van der Waals surface area contributed by atoms with Gasteiger partial charge in [0.05, 0.1) is 0 Å².